The monoisotopic (exact) mass is 477 g/mol. The van der Waals surface area contributed by atoms with Gasteiger partial charge in [0.25, 0.3) is 11.6 Å². The number of nitro benzene ring substituents is 1. The van der Waals surface area contributed by atoms with Gasteiger partial charge in [-0.1, -0.05) is 12.1 Å². The number of hydrogen-bond acceptors (Lipinski definition) is 8. The average molecular weight is 478 g/mol. The molecule has 0 radical (unpaired) electrons. The molecule has 9 nitrogen and oxygen atoms in total. The first kappa shape index (κ1) is 22.2. The Morgan fingerprint density at radius 3 is 2.79 bits per heavy atom. The normalized spacial score (nSPS) is 15.1. The number of carbonyl (C=O) groups excluding carboxylic acids is 1. The van der Waals surface area contributed by atoms with E-state index in [9.17, 15) is 20.0 Å². The van der Waals surface area contributed by atoms with Gasteiger partial charge in [-0.25, -0.2) is 4.98 Å². The van der Waals surface area contributed by atoms with Crippen molar-refractivity contribution < 1.29 is 14.8 Å². The van der Waals surface area contributed by atoms with E-state index in [4.69, 9.17) is 4.98 Å². The maximum atomic E-state index is 12.8. The van der Waals surface area contributed by atoms with Crippen LogP contribution in [-0.4, -0.2) is 50.4 Å². The van der Waals surface area contributed by atoms with Crippen LogP contribution < -0.4 is 5.32 Å². The number of carbonyl (C=O) groups is 1. The van der Waals surface area contributed by atoms with Crippen molar-refractivity contribution in [3.63, 3.8) is 0 Å². The van der Waals surface area contributed by atoms with E-state index in [2.05, 4.69) is 21.3 Å². The number of amides is 1. The van der Waals surface area contributed by atoms with Crippen molar-refractivity contribution in [3.8, 4) is 5.75 Å². The third-order valence-electron chi connectivity index (χ3n) is 6.24. The number of nitrogens with zero attached hydrogens (tertiary/aromatic N) is 4. The number of phenolic OH excluding ortho intramolecular Hbond substituents is 1. The molecule has 0 aliphatic carbocycles. The number of phenols is 1. The molecule has 5 rings (SSSR count). The van der Waals surface area contributed by atoms with E-state index >= 15 is 0 Å². The summed E-state index contributed by atoms with van der Waals surface area (Å²) < 4.78 is 1.20. The van der Waals surface area contributed by atoms with Crippen molar-refractivity contribution in [1.82, 2.24) is 20.2 Å². The Morgan fingerprint density at radius 2 is 2.03 bits per heavy atom. The van der Waals surface area contributed by atoms with Gasteiger partial charge in [-0.3, -0.25) is 24.8 Å². The summed E-state index contributed by atoms with van der Waals surface area (Å²) in [6.45, 7) is 3.08. The quantitative estimate of drug-likeness (QED) is 0.317. The summed E-state index contributed by atoms with van der Waals surface area (Å²) in [4.78, 5) is 34.8. The van der Waals surface area contributed by atoms with Crippen LogP contribution in [0.3, 0.4) is 0 Å². The first-order chi connectivity index (χ1) is 16.5. The number of thiazole rings is 1. The van der Waals surface area contributed by atoms with Crippen molar-refractivity contribution in [3.05, 3.63) is 69.3 Å². The van der Waals surface area contributed by atoms with Crippen molar-refractivity contribution in [2.45, 2.75) is 19.4 Å². The molecular formula is C24H23N5O4S. The molecule has 1 aliphatic heterocycles. The van der Waals surface area contributed by atoms with Crippen molar-refractivity contribution in [1.29, 1.82) is 0 Å². The highest BCUT2D eigenvalue weighted by Crippen LogP contribution is 2.34. The fourth-order valence-corrected chi connectivity index (χ4v) is 5.40. The van der Waals surface area contributed by atoms with Crippen LogP contribution in [0.5, 0.6) is 5.75 Å². The second kappa shape index (κ2) is 9.32. The number of non-ortho nitro benzene ring substituents is 1. The molecule has 0 unspecified atom stereocenters. The zero-order chi connectivity index (χ0) is 23.7. The maximum Gasteiger partial charge on any atom is 0.279 e. The summed E-state index contributed by atoms with van der Waals surface area (Å²) in [5.41, 5.74) is 0.692. The number of benzene rings is 2. The van der Waals surface area contributed by atoms with Crippen LogP contribution in [0.2, 0.25) is 0 Å². The number of pyridine rings is 1. The molecule has 2 aromatic carbocycles. The number of hydrogen-bond donors (Lipinski definition) is 2. The summed E-state index contributed by atoms with van der Waals surface area (Å²) >= 11 is 1.72. The van der Waals surface area contributed by atoms with E-state index in [1.807, 2.05) is 18.2 Å². The zero-order valence-electron chi connectivity index (χ0n) is 18.3. The SMILES string of the molecule is O=C(NCC1CCN(Cc2nc3ccccc3s2)CC1)c1cc([N+](=O)[O-])c2cccnc2c1O. The Labute approximate surface area is 199 Å². The lowest BCUT2D eigenvalue weighted by atomic mass is 9.96. The van der Waals surface area contributed by atoms with Gasteiger partial charge in [0.05, 0.1) is 32.6 Å². The summed E-state index contributed by atoms with van der Waals surface area (Å²) in [7, 11) is 0. The number of piperidine rings is 1. The van der Waals surface area contributed by atoms with E-state index in [-0.39, 0.29) is 27.9 Å². The maximum absolute atomic E-state index is 12.8. The predicted molar refractivity (Wildman–Crippen MR) is 130 cm³/mol. The molecule has 4 aromatic rings. The predicted octanol–water partition coefficient (Wildman–Crippen LogP) is 4.10. The van der Waals surface area contributed by atoms with Crippen LogP contribution in [-0.2, 0) is 6.54 Å². The Balaban J connectivity index is 1.19. The zero-order valence-corrected chi connectivity index (χ0v) is 19.1. The molecule has 0 spiro atoms. The summed E-state index contributed by atoms with van der Waals surface area (Å²) in [6.07, 6.45) is 3.28. The summed E-state index contributed by atoms with van der Waals surface area (Å²) in [5.74, 6) is -0.583. The molecule has 1 aliphatic rings. The number of aromatic nitrogens is 2. The van der Waals surface area contributed by atoms with Crippen molar-refractivity contribution in [2.24, 2.45) is 5.92 Å². The van der Waals surface area contributed by atoms with E-state index < -0.39 is 10.8 Å². The van der Waals surface area contributed by atoms with Gasteiger partial charge in [0.15, 0.2) is 5.75 Å². The molecule has 34 heavy (non-hydrogen) atoms. The molecule has 0 atom stereocenters. The number of fused-ring (bicyclic) bond motifs is 2. The van der Waals surface area contributed by atoms with E-state index in [1.165, 1.54) is 17.0 Å². The molecule has 1 fully saturated rings. The second-order valence-electron chi connectivity index (χ2n) is 8.45. The van der Waals surface area contributed by atoms with Gasteiger partial charge in [-0.15, -0.1) is 11.3 Å². The van der Waals surface area contributed by atoms with Gasteiger partial charge in [0, 0.05) is 18.8 Å². The molecule has 10 heteroatoms. The molecule has 1 amide bonds. The van der Waals surface area contributed by atoms with Gasteiger partial charge in [-0.05, 0) is 56.1 Å². The third kappa shape index (κ3) is 4.42. The number of likely N-dealkylation sites (tertiary alicyclic amines) is 1. The van der Waals surface area contributed by atoms with Gasteiger partial charge < -0.3 is 10.4 Å². The van der Waals surface area contributed by atoms with Crippen molar-refractivity contribution in [2.75, 3.05) is 19.6 Å². The number of rotatable bonds is 6. The van der Waals surface area contributed by atoms with Crippen LogP contribution in [0, 0.1) is 16.0 Å². The van der Waals surface area contributed by atoms with Gasteiger partial charge >= 0.3 is 0 Å². The molecule has 0 bridgehead atoms. The molecular weight excluding hydrogens is 454 g/mol. The molecule has 0 saturated carbocycles. The third-order valence-corrected chi connectivity index (χ3v) is 7.26. The average Bonchev–Trinajstić information content (AvgIpc) is 3.26. The van der Waals surface area contributed by atoms with Crippen LogP contribution in [0.25, 0.3) is 21.1 Å². The minimum Gasteiger partial charge on any atom is -0.505 e. The minimum atomic E-state index is -0.568. The Hall–Kier alpha value is -3.63. The number of para-hydroxylation sites is 1. The van der Waals surface area contributed by atoms with Crippen LogP contribution in [0.1, 0.15) is 28.2 Å². The first-order valence-corrected chi connectivity index (χ1v) is 11.9. The van der Waals surface area contributed by atoms with Crippen LogP contribution in [0.4, 0.5) is 5.69 Å². The highest BCUT2D eigenvalue weighted by molar-refractivity contribution is 7.18. The molecule has 3 heterocycles. The standard InChI is InChI=1S/C24H23N5O4S/c30-23-17(12-19(29(32)33)16-4-3-9-25-22(16)23)24(31)26-13-15-7-10-28(11-8-15)14-21-27-18-5-1-2-6-20(18)34-21/h1-6,9,12,15,30H,7-8,10-11,13-14H2,(H,26,31). The number of aromatic hydroxyl groups is 1. The highest BCUT2D eigenvalue weighted by Gasteiger charge is 2.25. The lowest BCUT2D eigenvalue weighted by Crippen LogP contribution is -2.38. The number of nitrogens with one attached hydrogen (secondary N) is 1. The van der Waals surface area contributed by atoms with Crippen LogP contribution >= 0.6 is 11.3 Å². The smallest absolute Gasteiger partial charge is 0.279 e. The fraction of sp³-hybridized carbons (Fsp3) is 0.292. The number of nitro groups is 1. The largest absolute Gasteiger partial charge is 0.505 e. The Bertz CT molecular complexity index is 1350. The fourth-order valence-electron chi connectivity index (χ4n) is 4.40. The minimum absolute atomic E-state index is 0.0463. The van der Waals surface area contributed by atoms with Gasteiger partial charge in [0.1, 0.15) is 10.5 Å². The van der Waals surface area contributed by atoms with Gasteiger partial charge in [0.2, 0.25) is 0 Å². The lowest BCUT2D eigenvalue weighted by Gasteiger charge is -2.31. The molecule has 2 N–H and O–H groups in total. The lowest BCUT2D eigenvalue weighted by molar-refractivity contribution is -0.383. The Morgan fingerprint density at radius 1 is 1.24 bits per heavy atom. The Kier molecular flexibility index (Phi) is 6.08. The molecule has 174 valence electrons. The second-order valence-corrected chi connectivity index (χ2v) is 9.57. The highest BCUT2D eigenvalue weighted by atomic mass is 32.1. The van der Waals surface area contributed by atoms with Crippen LogP contribution in [0.15, 0.2) is 48.7 Å². The van der Waals surface area contributed by atoms with E-state index in [1.54, 1.807) is 17.4 Å². The summed E-state index contributed by atoms with van der Waals surface area (Å²) in [5, 5.41) is 26.2. The molecule has 2 aromatic heterocycles. The summed E-state index contributed by atoms with van der Waals surface area (Å²) in [6, 6.07) is 12.3. The first-order valence-electron chi connectivity index (χ1n) is 11.1. The van der Waals surface area contributed by atoms with E-state index in [0.29, 0.717) is 12.5 Å². The topological polar surface area (TPSA) is 121 Å². The molecule has 1 saturated heterocycles. The van der Waals surface area contributed by atoms with Gasteiger partial charge in [-0.2, -0.15) is 0 Å². The van der Waals surface area contributed by atoms with Crippen molar-refractivity contribution >= 4 is 44.1 Å². The van der Waals surface area contributed by atoms with E-state index in [0.717, 1.165) is 49.1 Å².